The lowest BCUT2D eigenvalue weighted by atomic mass is 9.94. The molecule has 2 atom stereocenters. The molecule has 0 saturated carbocycles. The van der Waals surface area contributed by atoms with Crippen LogP contribution in [0.1, 0.15) is 41.5 Å². The molecule has 4 heterocycles. The zero-order valence-electron chi connectivity index (χ0n) is 16.7. The molecule has 0 radical (unpaired) electrons. The predicted molar refractivity (Wildman–Crippen MR) is 107 cm³/mol. The van der Waals surface area contributed by atoms with Gasteiger partial charge in [-0.25, -0.2) is 9.97 Å². The van der Waals surface area contributed by atoms with Gasteiger partial charge in [-0.05, 0) is 37.4 Å². The highest BCUT2D eigenvalue weighted by atomic mass is 16.5. The summed E-state index contributed by atoms with van der Waals surface area (Å²) in [4.78, 5) is 24.5. The summed E-state index contributed by atoms with van der Waals surface area (Å²) in [5.41, 5.74) is 3.18. The molecule has 3 aliphatic rings. The van der Waals surface area contributed by atoms with Crippen molar-refractivity contribution in [1.82, 2.24) is 20.2 Å². The molecule has 1 N–H and O–H groups in total. The standard InChI is InChI=1S/C22H26N4O3/c1-28-19-6-2-4-14-10-15(13-29-20(14)19)22(27)26-9-7-17-16(12-26)11-24-21(25-17)18-5-3-8-23-18/h2,4,6,11,15,18,23H,3,5,7-10,12-13H2,1H3/t15-,18-/m1/s1. The third-order valence-corrected chi connectivity index (χ3v) is 6.16. The molecule has 152 valence electrons. The Bertz CT molecular complexity index is 926. The highest BCUT2D eigenvalue weighted by Crippen LogP contribution is 2.36. The third kappa shape index (κ3) is 3.44. The molecule has 29 heavy (non-hydrogen) atoms. The largest absolute Gasteiger partial charge is 0.493 e. The molecule has 0 spiro atoms. The zero-order valence-corrected chi connectivity index (χ0v) is 16.7. The summed E-state index contributed by atoms with van der Waals surface area (Å²) in [7, 11) is 1.64. The summed E-state index contributed by atoms with van der Waals surface area (Å²) < 4.78 is 11.3. The molecule has 5 rings (SSSR count). The van der Waals surface area contributed by atoms with Crippen molar-refractivity contribution in [3.63, 3.8) is 0 Å². The molecule has 0 unspecified atom stereocenters. The average Bonchev–Trinajstić information content (AvgIpc) is 3.32. The molecule has 1 aromatic carbocycles. The Balaban J connectivity index is 1.28. The first kappa shape index (κ1) is 18.4. The summed E-state index contributed by atoms with van der Waals surface area (Å²) in [5, 5.41) is 3.45. The van der Waals surface area contributed by atoms with Crippen LogP contribution < -0.4 is 14.8 Å². The Labute approximate surface area is 170 Å². The summed E-state index contributed by atoms with van der Waals surface area (Å²) in [6.45, 7) is 2.69. The topological polar surface area (TPSA) is 76.6 Å². The maximum atomic E-state index is 13.2. The SMILES string of the molecule is COc1cccc2c1OC[C@H](C(=O)N1CCc3nc([C@H]4CCCN4)ncc3C1)C2. The minimum absolute atomic E-state index is 0.144. The second-order valence-corrected chi connectivity index (χ2v) is 8.02. The number of ether oxygens (including phenoxy) is 2. The second kappa shape index (κ2) is 7.63. The smallest absolute Gasteiger partial charge is 0.229 e. The van der Waals surface area contributed by atoms with Gasteiger partial charge in [0.25, 0.3) is 0 Å². The minimum atomic E-state index is -0.168. The quantitative estimate of drug-likeness (QED) is 0.859. The van der Waals surface area contributed by atoms with Gasteiger partial charge in [0.1, 0.15) is 12.4 Å². The lowest BCUT2D eigenvalue weighted by Gasteiger charge is -2.33. The van der Waals surface area contributed by atoms with Gasteiger partial charge >= 0.3 is 0 Å². The summed E-state index contributed by atoms with van der Waals surface area (Å²) >= 11 is 0. The zero-order chi connectivity index (χ0) is 19.8. The van der Waals surface area contributed by atoms with Crippen LogP contribution in [-0.2, 0) is 24.2 Å². The van der Waals surface area contributed by atoms with Gasteiger partial charge in [0.15, 0.2) is 11.5 Å². The number of amides is 1. The van der Waals surface area contributed by atoms with Crippen LogP contribution in [0.4, 0.5) is 0 Å². The van der Waals surface area contributed by atoms with Gasteiger partial charge in [-0.2, -0.15) is 0 Å². The molecule has 2 aromatic rings. The van der Waals surface area contributed by atoms with Gasteiger partial charge in [0.05, 0.1) is 24.8 Å². The van der Waals surface area contributed by atoms with Gasteiger partial charge in [-0.15, -0.1) is 0 Å². The van der Waals surface area contributed by atoms with Crippen LogP contribution in [0.25, 0.3) is 0 Å². The van der Waals surface area contributed by atoms with E-state index >= 15 is 0 Å². The number of para-hydroxylation sites is 1. The molecule has 1 saturated heterocycles. The van der Waals surface area contributed by atoms with Crippen molar-refractivity contribution in [3.05, 3.63) is 47.0 Å². The Kier molecular flexibility index (Phi) is 4.83. The van der Waals surface area contributed by atoms with Crippen molar-refractivity contribution in [1.29, 1.82) is 0 Å². The van der Waals surface area contributed by atoms with Crippen LogP contribution in [0.2, 0.25) is 0 Å². The van der Waals surface area contributed by atoms with Crippen LogP contribution >= 0.6 is 0 Å². The molecule has 3 aliphatic heterocycles. The summed E-state index contributed by atoms with van der Waals surface area (Å²) in [5.74, 6) is 2.37. The maximum Gasteiger partial charge on any atom is 0.229 e. The third-order valence-electron chi connectivity index (χ3n) is 6.16. The number of fused-ring (bicyclic) bond motifs is 2. The first-order chi connectivity index (χ1) is 14.2. The van der Waals surface area contributed by atoms with E-state index in [1.54, 1.807) is 7.11 Å². The van der Waals surface area contributed by atoms with Crippen LogP contribution in [0, 0.1) is 5.92 Å². The number of carbonyl (C=O) groups excluding carboxylic acids is 1. The van der Waals surface area contributed by atoms with Gasteiger partial charge in [-0.1, -0.05) is 12.1 Å². The number of carbonyl (C=O) groups is 1. The lowest BCUT2D eigenvalue weighted by Crippen LogP contribution is -2.43. The van der Waals surface area contributed by atoms with E-state index in [9.17, 15) is 4.79 Å². The Hall–Kier alpha value is -2.67. The molecule has 7 nitrogen and oxygen atoms in total. The Morgan fingerprint density at radius 3 is 3.10 bits per heavy atom. The predicted octanol–water partition coefficient (Wildman–Crippen LogP) is 2.05. The van der Waals surface area contributed by atoms with E-state index in [1.807, 2.05) is 29.3 Å². The van der Waals surface area contributed by atoms with Gasteiger partial charge in [0.2, 0.25) is 5.91 Å². The number of hydrogen-bond acceptors (Lipinski definition) is 6. The first-order valence-electron chi connectivity index (χ1n) is 10.4. The molecular formula is C22H26N4O3. The Morgan fingerprint density at radius 1 is 1.34 bits per heavy atom. The van der Waals surface area contributed by atoms with Gasteiger partial charge in [-0.3, -0.25) is 4.79 Å². The fraction of sp³-hybridized carbons (Fsp3) is 0.500. The molecule has 1 aromatic heterocycles. The van der Waals surface area contributed by atoms with E-state index in [2.05, 4.69) is 10.3 Å². The average molecular weight is 394 g/mol. The fourth-order valence-electron chi connectivity index (χ4n) is 4.56. The number of rotatable bonds is 3. The van der Waals surface area contributed by atoms with Crippen LogP contribution in [0.3, 0.4) is 0 Å². The van der Waals surface area contributed by atoms with Crippen molar-refractivity contribution < 1.29 is 14.3 Å². The van der Waals surface area contributed by atoms with E-state index in [0.29, 0.717) is 26.1 Å². The first-order valence-corrected chi connectivity index (χ1v) is 10.4. The van der Waals surface area contributed by atoms with Crippen molar-refractivity contribution in [2.45, 2.75) is 38.3 Å². The minimum Gasteiger partial charge on any atom is -0.493 e. The summed E-state index contributed by atoms with van der Waals surface area (Å²) in [6, 6.07) is 6.11. The molecular weight excluding hydrogens is 368 g/mol. The normalized spacial score (nSPS) is 23.1. The van der Waals surface area contributed by atoms with E-state index < -0.39 is 0 Å². The fourth-order valence-corrected chi connectivity index (χ4v) is 4.56. The van der Waals surface area contributed by atoms with Crippen molar-refractivity contribution in [2.24, 2.45) is 5.92 Å². The van der Waals surface area contributed by atoms with Gasteiger partial charge in [0, 0.05) is 31.3 Å². The molecule has 0 aliphatic carbocycles. The summed E-state index contributed by atoms with van der Waals surface area (Å²) in [6.07, 6.45) is 5.64. The van der Waals surface area contributed by atoms with Crippen molar-refractivity contribution >= 4 is 5.91 Å². The number of hydrogen-bond donors (Lipinski definition) is 1. The molecule has 7 heteroatoms. The van der Waals surface area contributed by atoms with Crippen molar-refractivity contribution in [2.75, 3.05) is 26.8 Å². The number of aromatic nitrogens is 2. The Morgan fingerprint density at radius 2 is 2.28 bits per heavy atom. The highest BCUT2D eigenvalue weighted by molar-refractivity contribution is 5.80. The van der Waals surface area contributed by atoms with Crippen molar-refractivity contribution in [3.8, 4) is 11.5 Å². The van der Waals surface area contributed by atoms with E-state index in [-0.39, 0.29) is 17.9 Å². The van der Waals surface area contributed by atoms with Crippen LogP contribution in [-0.4, -0.2) is 47.6 Å². The molecule has 0 bridgehead atoms. The van der Waals surface area contributed by atoms with E-state index in [1.165, 1.54) is 6.42 Å². The number of nitrogens with one attached hydrogen (secondary N) is 1. The van der Waals surface area contributed by atoms with E-state index in [4.69, 9.17) is 14.5 Å². The highest BCUT2D eigenvalue weighted by Gasteiger charge is 2.33. The van der Waals surface area contributed by atoms with Crippen LogP contribution in [0.15, 0.2) is 24.4 Å². The monoisotopic (exact) mass is 394 g/mol. The molecule has 1 amide bonds. The number of methoxy groups -OCH3 is 1. The maximum absolute atomic E-state index is 13.2. The van der Waals surface area contributed by atoms with E-state index in [0.717, 1.165) is 53.5 Å². The molecule has 1 fully saturated rings. The van der Waals surface area contributed by atoms with Crippen LogP contribution in [0.5, 0.6) is 11.5 Å². The number of benzene rings is 1. The number of nitrogens with zero attached hydrogens (tertiary/aromatic N) is 3. The lowest BCUT2D eigenvalue weighted by molar-refractivity contribution is -0.137. The second-order valence-electron chi connectivity index (χ2n) is 8.02. The van der Waals surface area contributed by atoms with Gasteiger partial charge < -0.3 is 19.7 Å².